The van der Waals surface area contributed by atoms with E-state index in [-0.39, 0.29) is 11.9 Å². The lowest BCUT2D eigenvalue weighted by atomic mass is 10.1. The largest absolute Gasteiger partial charge is 0.296 e. The zero-order valence-corrected chi connectivity index (χ0v) is 13.9. The number of aromatic nitrogens is 3. The van der Waals surface area contributed by atoms with Gasteiger partial charge in [0.15, 0.2) is 5.82 Å². The molecule has 0 saturated carbocycles. The van der Waals surface area contributed by atoms with Crippen molar-refractivity contribution in [3.63, 3.8) is 0 Å². The quantitative estimate of drug-likeness (QED) is 0.756. The molecule has 0 spiro atoms. The minimum absolute atomic E-state index is 0.104. The molecule has 24 heavy (non-hydrogen) atoms. The van der Waals surface area contributed by atoms with E-state index < -0.39 is 0 Å². The zero-order chi connectivity index (χ0) is 16.9. The van der Waals surface area contributed by atoms with Crippen molar-refractivity contribution in [3.05, 3.63) is 83.2 Å². The zero-order valence-electron chi connectivity index (χ0n) is 13.9. The summed E-state index contributed by atoms with van der Waals surface area (Å²) in [5, 5.41) is 7.41. The van der Waals surface area contributed by atoms with Crippen LogP contribution in [0.3, 0.4) is 0 Å². The van der Waals surface area contributed by atoms with Gasteiger partial charge in [-0.15, -0.1) is 0 Å². The Labute approximate surface area is 141 Å². The second kappa shape index (κ2) is 7.36. The van der Waals surface area contributed by atoms with Crippen molar-refractivity contribution in [3.8, 4) is 0 Å². The van der Waals surface area contributed by atoms with Crippen LogP contribution in [0.2, 0.25) is 0 Å². The Bertz CT molecular complexity index is 766. The van der Waals surface area contributed by atoms with E-state index in [1.165, 1.54) is 17.7 Å². The molecule has 3 rings (SSSR count). The molecule has 1 unspecified atom stereocenters. The SMILES string of the molecule is CN(C)C(c1ccc(F)cc1)c1n[nH]c(CCc2ccccc2)n1. The number of aryl methyl sites for hydroxylation is 2. The van der Waals surface area contributed by atoms with Gasteiger partial charge in [-0.1, -0.05) is 42.5 Å². The van der Waals surface area contributed by atoms with Crippen molar-refractivity contribution in [2.75, 3.05) is 14.1 Å². The maximum absolute atomic E-state index is 13.2. The molecule has 0 bridgehead atoms. The van der Waals surface area contributed by atoms with Crippen molar-refractivity contribution < 1.29 is 4.39 Å². The first-order valence-corrected chi connectivity index (χ1v) is 8.00. The highest BCUT2D eigenvalue weighted by Gasteiger charge is 2.21. The lowest BCUT2D eigenvalue weighted by Crippen LogP contribution is -2.22. The number of benzene rings is 2. The standard InChI is InChI=1S/C19H21FN4/c1-24(2)18(15-9-11-16(20)12-10-15)19-21-17(22-23-19)13-8-14-6-4-3-5-7-14/h3-7,9-12,18H,8,13H2,1-2H3,(H,21,22,23). The van der Waals surface area contributed by atoms with Gasteiger partial charge in [0.1, 0.15) is 11.6 Å². The molecule has 0 aliphatic carbocycles. The number of nitrogens with zero attached hydrogens (tertiary/aromatic N) is 3. The Hall–Kier alpha value is -2.53. The third-order valence-electron chi connectivity index (χ3n) is 3.99. The number of H-pyrrole nitrogens is 1. The molecule has 0 amide bonds. The summed E-state index contributed by atoms with van der Waals surface area (Å²) in [7, 11) is 3.93. The minimum Gasteiger partial charge on any atom is -0.296 e. The summed E-state index contributed by atoms with van der Waals surface area (Å²) in [6, 6.07) is 16.7. The van der Waals surface area contributed by atoms with Crippen LogP contribution < -0.4 is 0 Å². The fourth-order valence-electron chi connectivity index (χ4n) is 2.77. The van der Waals surface area contributed by atoms with Crippen LogP contribution in [-0.4, -0.2) is 34.2 Å². The average Bonchev–Trinajstić information content (AvgIpc) is 3.04. The molecule has 0 aliphatic rings. The molecule has 0 aliphatic heterocycles. The summed E-state index contributed by atoms with van der Waals surface area (Å²) in [5.74, 6) is 1.33. The van der Waals surface area contributed by atoms with E-state index in [1.807, 2.05) is 37.2 Å². The summed E-state index contributed by atoms with van der Waals surface area (Å²) in [6.45, 7) is 0. The highest BCUT2D eigenvalue weighted by Crippen LogP contribution is 2.24. The van der Waals surface area contributed by atoms with E-state index in [0.29, 0.717) is 5.82 Å². The van der Waals surface area contributed by atoms with Gasteiger partial charge in [-0.25, -0.2) is 9.37 Å². The number of rotatable bonds is 6. The van der Waals surface area contributed by atoms with Crippen molar-refractivity contribution in [1.29, 1.82) is 0 Å². The van der Waals surface area contributed by atoms with Crippen molar-refractivity contribution in [2.24, 2.45) is 0 Å². The lowest BCUT2D eigenvalue weighted by Gasteiger charge is -2.21. The van der Waals surface area contributed by atoms with E-state index in [4.69, 9.17) is 0 Å². The highest BCUT2D eigenvalue weighted by molar-refractivity contribution is 5.25. The first-order chi connectivity index (χ1) is 11.6. The average molecular weight is 324 g/mol. The summed E-state index contributed by atoms with van der Waals surface area (Å²) in [5.41, 5.74) is 2.24. The molecule has 1 aromatic heterocycles. The summed E-state index contributed by atoms with van der Waals surface area (Å²) in [6.07, 6.45) is 1.72. The van der Waals surface area contributed by atoms with Crippen LogP contribution in [0.5, 0.6) is 0 Å². The lowest BCUT2D eigenvalue weighted by molar-refractivity contribution is 0.330. The van der Waals surface area contributed by atoms with Crippen LogP contribution in [0.4, 0.5) is 4.39 Å². The van der Waals surface area contributed by atoms with Crippen molar-refractivity contribution in [2.45, 2.75) is 18.9 Å². The van der Waals surface area contributed by atoms with Crippen molar-refractivity contribution >= 4 is 0 Å². The molecular weight excluding hydrogens is 303 g/mol. The molecule has 4 nitrogen and oxygen atoms in total. The fourth-order valence-corrected chi connectivity index (χ4v) is 2.77. The predicted molar refractivity (Wildman–Crippen MR) is 92.2 cm³/mol. The molecule has 3 aromatic rings. The molecule has 0 saturated heterocycles. The number of aromatic amines is 1. The van der Waals surface area contributed by atoms with Gasteiger partial charge < -0.3 is 0 Å². The topological polar surface area (TPSA) is 44.8 Å². The van der Waals surface area contributed by atoms with Crippen LogP contribution in [0.1, 0.15) is 28.8 Å². The molecule has 1 atom stereocenters. The second-order valence-electron chi connectivity index (χ2n) is 6.04. The first kappa shape index (κ1) is 16.3. The van der Waals surface area contributed by atoms with Gasteiger partial charge >= 0.3 is 0 Å². The van der Waals surface area contributed by atoms with Gasteiger partial charge in [-0.3, -0.25) is 10.00 Å². The molecule has 1 heterocycles. The molecule has 124 valence electrons. The predicted octanol–water partition coefficient (Wildman–Crippen LogP) is 3.38. The van der Waals surface area contributed by atoms with Gasteiger partial charge in [-0.05, 0) is 43.8 Å². The van der Waals surface area contributed by atoms with E-state index in [2.05, 4.69) is 27.3 Å². The molecule has 0 radical (unpaired) electrons. The minimum atomic E-state index is -0.241. The van der Waals surface area contributed by atoms with Gasteiger partial charge in [-0.2, -0.15) is 5.10 Å². The van der Waals surface area contributed by atoms with Crippen LogP contribution >= 0.6 is 0 Å². The Morgan fingerprint density at radius 1 is 1.00 bits per heavy atom. The summed E-state index contributed by atoms with van der Waals surface area (Å²) < 4.78 is 13.2. The molecule has 1 N–H and O–H groups in total. The Morgan fingerprint density at radius 2 is 1.71 bits per heavy atom. The first-order valence-electron chi connectivity index (χ1n) is 8.00. The van der Waals surface area contributed by atoms with E-state index in [1.54, 1.807) is 12.1 Å². The molecule has 5 heteroatoms. The van der Waals surface area contributed by atoms with E-state index in [0.717, 1.165) is 24.2 Å². The fraction of sp³-hybridized carbons (Fsp3) is 0.263. The number of halogens is 1. The molecule has 2 aromatic carbocycles. The normalized spacial score (nSPS) is 12.5. The third-order valence-corrected chi connectivity index (χ3v) is 3.99. The smallest absolute Gasteiger partial charge is 0.172 e. The molecule has 0 fully saturated rings. The number of hydrogen-bond donors (Lipinski definition) is 1. The Morgan fingerprint density at radius 3 is 2.38 bits per heavy atom. The van der Waals surface area contributed by atoms with Gasteiger partial charge in [0.05, 0.1) is 6.04 Å². The highest BCUT2D eigenvalue weighted by atomic mass is 19.1. The van der Waals surface area contributed by atoms with Crippen LogP contribution in [0.15, 0.2) is 54.6 Å². The maximum atomic E-state index is 13.2. The maximum Gasteiger partial charge on any atom is 0.172 e. The summed E-state index contributed by atoms with van der Waals surface area (Å²) in [4.78, 5) is 6.67. The van der Waals surface area contributed by atoms with Gasteiger partial charge in [0, 0.05) is 6.42 Å². The van der Waals surface area contributed by atoms with Crippen LogP contribution in [0, 0.1) is 5.82 Å². The van der Waals surface area contributed by atoms with Gasteiger partial charge in [0.25, 0.3) is 0 Å². The van der Waals surface area contributed by atoms with E-state index >= 15 is 0 Å². The van der Waals surface area contributed by atoms with Crippen LogP contribution in [-0.2, 0) is 12.8 Å². The number of nitrogens with one attached hydrogen (secondary N) is 1. The second-order valence-corrected chi connectivity index (χ2v) is 6.04. The Kier molecular flexibility index (Phi) is 5.01. The monoisotopic (exact) mass is 324 g/mol. The summed E-state index contributed by atoms with van der Waals surface area (Å²) >= 11 is 0. The Balaban J connectivity index is 1.75. The van der Waals surface area contributed by atoms with Crippen molar-refractivity contribution in [1.82, 2.24) is 20.1 Å². The van der Waals surface area contributed by atoms with E-state index in [9.17, 15) is 4.39 Å². The molecular formula is C19H21FN4. The van der Waals surface area contributed by atoms with Gasteiger partial charge in [0.2, 0.25) is 0 Å². The number of hydrogen-bond acceptors (Lipinski definition) is 3. The third kappa shape index (κ3) is 3.86. The van der Waals surface area contributed by atoms with Crippen LogP contribution in [0.25, 0.3) is 0 Å².